The average Bonchev–Trinajstić information content (AvgIpc) is 2.29. The highest BCUT2D eigenvalue weighted by Crippen LogP contribution is 2.48. The first-order valence-electron chi connectivity index (χ1n) is 4.61. The van der Waals surface area contributed by atoms with Crippen molar-refractivity contribution in [2.45, 2.75) is 18.1 Å². The van der Waals surface area contributed by atoms with Crippen molar-refractivity contribution < 1.29 is 35.5 Å². The molecule has 0 aromatic heterocycles. The molecule has 0 unspecified atom stereocenters. The Morgan fingerprint density at radius 3 is 1.74 bits per heavy atom. The van der Waals surface area contributed by atoms with Crippen LogP contribution in [0.4, 0.5) is 36.4 Å². The third-order valence-corrected chi connectivity index (χ3v) is 2.12. The number of carbonyl (C=O) groups excluding carboxylic acids is 1. The maximum atomic E-state index is 13.2. The molecule has 0 aliphatic rings. The summed E-state index contributed by atoms with van der Waals surface area (Å²) in [5.41, 5.74) is -0.841. The van der Waals surface area contributed by atoms with E-state index in [0.717, 1.165) is 24.3 Å². The molecule has 0 atom stereocenters. The second-order valence-electron chi connectivity index (χ2n) is 3.38. The predicted octanol–water partition coefficient (Wildman–Crippen LogP) is 3.35. The van der Waals surface area contributed by atoms with Crippen LogP contribution in [0.15, 0.2) is 30.3 Å². The van der Waals surface area contributed by atoms with Gasteiger partial charge in [-0.15, -0.1) is 0 Å². The van der Waals surface area contributed by atoms with E-state index in [1.165, 1.54) is 6.07 Å². The highest BCUT2D eigenvalue weighted by atomic mass is 19.4. The van der Waals surface area contributed by atoms with Crippen LogP contribution in [0.1, 0.15) is 0 Å². The summed E-state index contributed by atoms with van der Waals surface area (Å²) in [5.74, 6) is -6.41. The topological polar surface area (TPSA) is 20.3 Å². The lowest BCUT2D eigenvalue weighted by Gasteiger charge is -2.33. The van der Waals surface area contributed by atoms with E-state index in [1.807, 2.05) is 0 Å². The largest absolute Gasteiger partial charge is 0.462 e. The number of alkyl halides is 7. The summed E-state index contributed by atoms with van der Waals surface area (Å²) in [5, 5.41) is 0. The maximum absolute atomic E-state index is 13.2. The van der Waals surface area contributed by atoms with E-state index < -0.39 is 28.7 Å². The van der Waals surface area contributed by atoms with Gasteiger partial charge in [-0.1, -0.05) is 18.2 Å². The summed E-state index contributed by atoms with van der Waals surface area (Å²) in [6.45, 7) is 0. The lowest BCUT2D eigenvalue weighted by atomic mass is 10.2. The molecule has 9 heteroatoms. The van der Waals surface area contributed by atoms with Crippen molar-refractivity contribution in [3.63, 3.8) is 0 Å². The Bertz CT molecular complexity index is 443. The van der Waals surface area contributed by atoms with Crippen LogP contribution in [0.25, 0.3) is 0 Å². The maximum Gasteiger partial charge on any atom is 0.462 e. The number of benzene rings is 1. The fraction of sp³-hybridized carbons (Fsp3) is 0.300. The number of anilines is 1. The van der Waals surface area contributed by atoms with Gasteiger partial charge in [0.15, 0.2) is 0 Å². The average molecular weight is 288 g/mol. The van der Waals surface area contributed by atoms with Gasteiger partial charge in [-0.05, 0) is 12.1 Å². The van der Waals surface area contributed by atoms with Gasteiger partial charge in [0.05, 0.1) is 5.69 Å². The van der Waals surface area contributed by atoms with E-state index in [2.05, 4.69) is 0 Å². The van der Waals surface area contributed by atoms with Gasteiger partial charge in [-0.2, -0.15) is 30.7 Å². The SMILES string of the molecule is O=[C]N(c1ccccc1)C(F)(F)C(F)(F)C(F)(F)F. The van der Waals surface area contributed by atoms with Crippen LogP contribution in [0.3, 0.4) is 0 Å². The molecular weight excluding hydrogens is 283 g/mol. The number of hydrogen-bond donors (Lipinski definition) is 0. The van der Waals surface area contributed by atoms with E-state index >= 15 is 0 Å². The molecule has 1 aromatic carbocycles. The smallest absolute Gasteiger partial charge is 0.263 e. The minimum absolute atomic E-state index is 0.390. The third-order valence-electron chi connectivity index (χ3n) is 2.12. The van der Waals surface area contributed by atoms with E-state index in [9.17, 15) is 35.5 Å². The lowest BCUT2D eigenvalue weighted by Crippen LogP contribution is -2.61. The highest BCUT2D eigenvalue weighted by Gasteiger charge is 2.75. The molecule has 0 aliphatic carbocycles. The minimum atomic E-state index is -6.51. The van der Waals surface area contributed by atoms with Crippen LogP contribution in [0.5, 0.6) is 0 Å². The molecule has 1 radical (unpaired) electrons. The van der Waals surface area contributed by atoms with Crippen LogP contribution in [0, 0.1) is 0 Å². The van der Waals surface area contributed by atoms with E-state index in [4.69, 9.17) is 0 Å². The zero-order valence-corrected chi connectivity index (χ0v) is 8.89. The van der Waals surface area contributed by atoms with Crippen molar-refractivity contribution in [2.75, 3.05) is 4.90 Å². The summed E-state index contributed by atoms with van der Waals surface area (Å²) in [4.78, 5) is 9.26. The van der Waals surface area contributed by atoms with Crippen LogP contribution in [-0.4, -0.2) is 24.6 Å². The first kappa shape index (κ1) is 15.3. The van der Waals surface area contributed by atoms with Crippen LogP contribution in [0.2, 0.25) is 0 Å². The molecular formula is C10H5F7NO. The van der Waals surface area contributed by atoms with Crippen LogP contribution >= 0.6 is 0 Å². The molecule has 0 aliphatic heterocycles. The number of para-hydroxylation sites is 1. The molecule has 19 heavy (non-hydrogen) atoms. The quantitative estimate of drug-likeness (QED) is 0.472. The first-order chi connectivity index (χ1) is 8.55. The van der Waals surface area contributed by atoms with Gasteiger partial charge in [0.1, 0.15) is 0 Å². The molecule has 1 rings (SSSR count). The normalized spacial score (nSPS) is 13.2. The van der Waals surface area contributed by atoms with E-state index in [-0.39, 0.29) is 0 Å². The lowest BCUT2D eigenvalue weighted by molar-refractivity contribution is -0.351. The Morgan fingerprint density at radius 1 is 0.895 bits per heavy atom. The fourth-order valence-corrected chi connectivity index (χ4v) is 1.16. The first-order valence-corrected chi connectivity index (χ1v) is 4.61. The summed E-state index contributed by atoms with van der Waals surface area (Å²) in [6, 6.07) is -0.791. The van der Waals surface area contributed by atoms with Crippen LogP contribution in [-0.2, 0) is 4.79 Å². The standard InChI is InChI=1S/C10H5F7NO/c11-8(12,9(13,14)15)10(16,17)18(6-19)7-4-2-1-3-5-7/h1-5H. The van der Waals surface area contributed by atoms with Crippen LogP contribution < -0.4 is 4.90 Å². The van der Waals surface area contributed by atoms with Gasteiger partial charge in [-0.25, -0.2) is 4.90 Å². The molecule has 0 saturated carbocycles. The Kier molecular flexibility index (Phi) is 3.78. The third kappa shape index (κ3) is 2.49. The molecule has 1 amide bonds. The summed E-state index contributed by atoms with van der Waals surface area (Å²) >= 11 is 0. The van der Waals surface area contributed by atoms with Crippen molar-refractivity contribution in [2.24, 2.45) is 0 Å². The molecule has 0 heterocycles. The molecule has 0 saturated heterocycles. The fourth-order valence-electron chi connectivity index (χ4n) is 1.16. The number of hydrogen-bond acceptors (Lipinski definition) is 1. The molecule has 105 valence electrons. The Morgan fingerprint density at radius 2 is 1.37 bits per heavy atom. The molecule has 0 bridgehead atoms. The van der Waals surface area contributed by atoms with Crippen molar-refractivity contribution in [1.82, 2.24) is 0 Å². The summed E-state index contributed by atoms with van der Waals surface area (Å²) < 4.78 is 87.8. The van der Waals surface area contributed by atoms with Crippen molar-refractivity contribution >= 4 is 12.1 Å². The van der Waals surface area contributed by atoms with Crippen molar-refractivity contribution in [3.05, 3.63) is 30.3 Å². The molecule has 0 spiro atoms. The van der Waals surface area contributed by atoms with Crippen molar-refractivity contribution in [3.8, 4) is 0 Å². The summed E-state index contributed by atoms with van der Waals surface area (Å²) in [6.07, 6.45) is -6.12. The van der Waals surface area contributed by atoms with E-state index in [0.29, 0.717) is 6.41 Å². The van der Waals surface area contributed by atoms with Gasteiger partial charge in [-0.3, -0.25) is 4.79 Å². The van der Waals surface area contributed by atoms with Gasteiger partial charge in [0.25, 0.3) is 0 Å². The van der Waals surface area contributed by atoms with Crippen molar-refractivity contribution in [1.29, 1.82) is 0 Å². The van der Waals surface area contributed by atoms with Gasteiger partial charge in [0.2, 0.25) is 0 Å². The second kappa shape index (κ2) is 4.71. The zero-order valence-electron chi connectivity index (χ0n) is 8.89. The molecule has 2 nitrogen and oxygen atoms in total. The molecule has 0 fully saturated rings. The Balaban J connectivity index is 3.28. The second-order valence-corrected chi connectivity index (χ2v) is 3.38. The summed E-state index contributed by atoms with van der Waals surface area (Å²) in [7, 11) is 0. The zero-order chi connectivity index (χ0) is 14.9. The number of rotatable bonds is 4. The number of halogens is 7. The Labute approximate surface area is 102 Å². The highest BCUT2D eigenvalue weighted by molar-refractivity contribution is 5.77. The Hall–Kier alpha value is -1.80. The van der Waals surface area contributed by atoms with Gasteiger partial charge in [0, 0.05) is 0 Å². The van der Waals surface area contributed by atoms with Gasteiger partial charge < -0.3 is 0 Å². The molecule has 0 N–H and O–H groups in total. The number of nitrogens with zero attached hydrogens (tertiary/aromatic N) is 1. The predicted molar refractivity (Wildman–Crippen MR) is 50.6 cm³/mol. The molecule has 1 aromatic rings. The monoisotopic (exact) mass is 288 g/mol. The number of amides is 1. The minimum Gasteiger partial charge on any atom is -0.263 e. The van der Waals surface area contributed by atoms with E-state index in [1.54, 1.807) is 0 Å². The van der Waals surface area contributed by atoms with Gasteiger partial charge >= 0.3 is 24.6 Å².